The minimum absolute atomic E-state index is 0.153. The van der Waals surface area contributed by atoms with Crippen molar-refractivity contribution in [1.82, 2.24) is 0 Å². The van der Waals surface area contributed by atoms with Gasteiger partial charge in [-0.3, -0.25) is 4.79 Å². The highest BCUT2D eigenvalue weighted by molar-refractivity contribution is 6.30. The van der Waals surface area contributed by atoms with E-state index in [1.54, 1.807) is 48.5 Å². The molecule has 4 heteroatoms. The third kappa shape index (κ3) is 4.68. The van der Waals surface area contributed by atoms with Crippen molar-refractivity contribution in [1.29, 1.82) is 0 Å². The molecule has 0 radical (unpaired) electrons. The molecule has 0 saturated heterocycles. The second kappa shape index (κ2) is 8.85. The Balaban J connectivity index is 1.75. The Labute approximate surface area is 169 Å². The van der Waals surface area contributed by atoms with Gasteiger partial charge in [0.25, 0.3) is 0 Å². The SMILES string of the molecule is CC(C)c1ccc(COC(=O)c2ccccc2C(=O)c2ccc(Cl)cc2)cc1. The Bertz CT molecular complexity index is 973. The molecule has 0 aliphatic rings. The van der Waals surface area contributed by atoms with Gasteiger partial charge in [0, 0.05) is 16.1 Å². The van der Waals surface area contributed by atoms with E-state index in [0.29, 0.717) is 22.1 Å². The monoisotopic (exact) mass is 392 g/mol. The molecule has 0 bridgehead atoms. The van der Waals surface area contributed by atoms with Gasteiger partial charge in [0.15, 0.2) is 5.78 Å². The summed E-state index contributed by atoms with van der Waals surface area (Å²) in [6.45, 7) is 4.41. The normalized spacial score (nSPS) is 10.7. The number of hydrogen-bond donors (Lipinski definition) is 0. The van der Waals surface area contributed by atoms with Gasteiger partial charge in [-0.25, -0.2) is 4.79 Å². The van der Waals surface area contributed by atoms with Gasteiger partial charge >= 0.3 is 5.97 Å². The lowest BCUT2D eigenvalue weighted by Gasteiger charge is -2.10. The van der Waals surface area contributed by atoms with Gasteiger partial charge in [-0.1, -0.05) is 67.9 Å². The van der Waals surface area contributed by atoms with E-state index in [1.165, 1.54) is 5.56 Å². The summed E-state index contributed by atoms with van der Waals surface area (Å²) in [6, 6.07) is 21.2. The van der Waals surface area contributed by atoms with Crippen LogP contribution in [-0.4, -0.2) is 11.8 Å². The van der Waals surface area contributed by atoms with Crippen molar-refractivity contribution >= 4 is 23.4 Å². The molecule has 0 N–H and O–H groups in total. The van der Waals surface area contributed by atoms with Crippen LogP contribution >= 0.6 is 11.6 Å². The lowest BCUT2D eigenvalue weighted by atomic mass is 9.98. The average Bonchev–Trinajstić information content (AvgIpc) is 2.72. The first-order valence-electron chi connectivity index (χ1n) is 9.11. The average molecular weight is 393 g/mol. The number of carbonyl (C=O) groups excluding carboxylic acids is 2. The first-order chi connectivity index (χ1) is 13.5. The molecule has 0 heterocycles. The summed E-state index contributed by atoms with van der Waals surface area (Å²) < 4.78 is 5.45. The minimum Gasteiger partial charge on any atom is -0.457 e. The van der Waals surface area contributed by atoms with E-state index in [0.717, 1.165) is 5.56 Å². The van der Waals surface area contributed by atoms with Gasteiger partial charge in [0.2, 0.25) is 0 Å². The summed E-state index contributed by atoms with van der Waals surface area (Å²) in [6.07, 6.45) is 0. The highest BCUT2D eigenvalue weighted by Gasteiger charge is 2.19. The Morgan fingerprint density at radius 3 is 2.07 bits per heavy atom. The van der Waals surface area contributed by atoms with E-state index >= 15 is 0 Å². The fourth-order valence-corrected chi connectivity index (χ4v) is 2.97. The molecule has 0 amide bonds. The van der Waals surface area contributed by atoms with Crippen molar-refractivity contribution in [2.24, 2.45) is 0 Å². The maximum absolute atomic E-state index is 12.8. The molecule has 0 spiro atoms. The number of ether oxygens (including phenoxy) is 1. The lowest BCUT2D eigenvalue weighted by Crippen LogP contribution is -2.12. The maximum atomic E-state index is 12.8. The molecule has 3 nitrogen and oxygen atoms in total. The summed E-state index contributed by atoms with van der Waals surface area (Å²) in [5.41, 5.74) is 3.16. The van der Waals surface area contributed by atoms with Crippen molar-refractivity contribution in [2.75, 3.05) is 0 Å². The molecule has 142 valence electrons. The predicted octanol–water partition coefficient (Wildman–Crippen LogP) is 6.05. The first kappa shape index (κ1) is 19.8. The number of halogens is 1. The molecule has 0 unspecified atom stereocenters. The zero-order valence-electron chi connectivity index (χ0n) is 15.8. The summed E-state index contributed by atoms with van der Waals surface area (Å²) >= 11 is 5.89. The number of ketones is 1. The lowest BCUT2D eigenvalue weighted by molar-refractivity contribution is 0.0470. The molecule has 0 aliphatic heterocycles. The van der Waals surface area contributed by atoms with E-state index in [9.17, 15) is 9.59 Å². The van der Waals surface area contributed by atoms with Crippen LogP contribution in [0.15, 0.2) is 72.8 Å². The fraction of sp³-hybridized carbons (Fsp3) is 0.167. The topological polar surface area (TPSA) is 43.4 Å². The molecule has 0 aromatic heterocycles. The van der Waals surface area contributed by atoms with Crippen molar-refractivity contribution in [3.05, 3.63) is 106 Å². The third-order valence-electron chi connectivity index (χ3n) is 4.51. The van der Waals surface area contributed by atoms with E-state index < -0.39 is 5.97 Å². The third-order valence-corrected chi connectivity index (χ3v) is 4.77. The van der Waals surface area contributed by atoms with E-state index in [-0.39, 0.29) is 18.0 Å². The molecule has 3 rings (SSSR count). The molecule has 28 heavy (non-hydrogen) atoms. The van der Waals surface area contributed by atoms with Crippen LogP contribution in [-0.2, 0) is 11.3 Å². The van der Waals surface area contributed by atoms with Crippen LogP contribution in [0.25, 0.3) is 0 Å². The second-order valence-corrected chi connectivity index (χ2v) is 7.29. The van der Waals surface area contributed by atoms with Crippen LogP contribution in [0.4, 0.5) is 0 Å². The smallest absolute Gasteiger partial charge is 0.339 e. The largest absolute Gasteiger partial charge is 0.457 e. The highest BCUT2D eigenvalue weighted by Crippen LogP contribution is 2.19. The summed E-state index contributed by atoms with van der Waals surface area (Å²) in [5, 5.41) is 0.549. The van der Waals surface area contributed by atoms with E-state index in [4.69, 9.17) is 16.3 Å². The second-order valence-electron chi connectivity index (χ2n) is 6.85. The molecule has 3 aromatic rings. The van der Waals surface area contributed by atoms with Gasteiger partial charge in [-0.2, -0.15) is 0 Å². The van der Waals surface area contributed by atoms with Crippen LogP contribution in [0.1, 0.15) is 57.2 Å². The van der Waals surface area contributed by atoms with Gasteiger partial charge in [0.1, 0.15) is 6.61 Å². The van der Waals surface area contributed by atoms with E-state index in [2.05, 4.69) is 13.8 Å². The number of carbonyl (C=O) groups is 2. The van der Waals surface area contributed by atoms with Gasteiger partial charge in [-0.05, 0) is 47.4 Å². The van der Waals surface area contributed by atoms with Crippen LogP contribution in [0, 0.1) is 0 Å². The number of esters is 1. The minimum atomic E-state index is -0.522. The molecular weight excluding hydrogens is 372 g/mol. The predicted molar refractivity (Wildman–Crippen MR) is 111 cm³/mol. The van der Waals surface area contributed by atoms with Crippen LogP contribution in [0.5, 0.6) is 0 Å². The molecule has 0 aliphatic carbocycles. The first-order valence-corrected chi connectivity index (χ1v) is 9.49. The molecular formula is C24H21ClO3. The Kier molecular flexibility index (Phi) is 6.27. The zero-order valence-corrected chi connectivity index (χ0v) is 16.6. The molecule has 0 fully saturated rings. The Morgan fingerprint density at radius 1 is 0.857 bits per heavy atom. The van der Waals surface area contributed by atoms with Crippen LogP contribution in [0.3, 0.4) is 0 Å². The molecule has 0 atom stereocenters. The van der Waals surface area contributed by atoms with Crippen LogP contribution < -0.4 is 0 Å². The van der Waals surface area contributed by atoms with Crippen molar-refractivity contribution in [3.8, 4) is 0 Å². The maximum Gasteiger partial charge on any atom is 0.339 e. The van der Waals surface area contributed by atoms with Crippen LogP contribution in [0.2, 0.25) is 5.02 Å². The van der Waals surface area contributed by atoms with Crippen molar-refractivity contribution < 1.29 is 14.3 Å². The van der Waals surface area contributed by atoms with Crippen molar-refractivity contribution in [2.45, 2.75) is 26.4 Å². The Hall–Kier alpha value is -2.91. The molecule has 0 saturated carbocycles. The number of hydrogen-bond acceptors (Lipinski definition) is 3. The quantitative estimate of drug-likeness (QED) is 0.378. The summed E-state index contributed by atoms with van der Waals surface area (Å²) in [7, 11) is 0. The standard InChI is InChI=1S/C24H21ClO3/c1-16(2)18-9-7-17(8-10-18)15-28-24(27)22-6-4-3-5-21(22)23(26)19-11-13-20(25)14-12-19/h3-14,16H,15H2,1-2H3. The number of rotatable bonds is 6. The summed E-state index contributed by atoms with van der Waals surface area (Å²) in [4.78, 5) is 25.4. The number of benzene rings is 3. The van der Waals surface area contributed by atoms with Gasteiger partial charge in [0.05, 0.1) is 5.56 Å². The van der Waals surface area contributed by atoms with Gasteiger partial charge < -0.3 is 4.74 Å². The zero-order chi connectivity index (χ0) is 20.1. The van der Waals surface area contributed by atoms with E-state index in [1.807, 2.05) is 24.3 Å². The van der Waals surface area contributed by atoms with Crippen molar-refractivity contribution in [3.63, 3.8) is 0 Å². The fourth-order valence-electron chi connectivity index (χ4n) is 2.84. The summed E-state index contributed by atoms with van der Waals surface area (Å²) in [5.74, 6) is -0.321. The Morgan fingerprint density at radius 2 is 1.46 bits per heavy atom. The molecule has 3 aromatic carbocycles. The van der Waals surface area contributed by atoms with Gasteiger partial charge in [-0.15, -0.1) is 0 Å². The highest BCUT2D eigenvalue weighted by atomic mass is 35.5.